The fourth-order valence-electron chi connectivity index (χ4n) is 2.92. The third kappa shape index (κ3) is 3.80. The third-order valence-electron chi connectivity index (χ3n) is 4.30. The number of likely N-dealkylation sites (tertiary alicyclic amines) is 1. The number of sulfonamides is 1. The van der Waals surface area contributed by atoms with Gasteiger partial charge in [-0.2, -0.15) is 0 Å². The SMILES string of the molecule is CCCS(=O)(=O)NC(=O)C1(C)CCN(C(=O)c2cc(C)oc2C)C1. The van der Waals surface area contributed by atoms with Crippen LogP contribution in [0.2, 0.25) is 0 Å². The van der Waals surface area contributed by atoms with Crippen molar-refractivity contribution in [2.45, 2.75) is 40.5 Å². The molecule has 2 heterocycles. The van der Waals surface area contributed by atoms with Crippen LogP contribution in [0, 0.1) is 19.3 Å². The molecule has 1 saturated heterocycles. The van der Waals surface area contributed by atoms with Crippen LogP contribution in [0.3, 0.4) is 0 Å². The van der Waals surface area contributed by atoms with E-state index in [9.17, 15) is 18.0 Å². The average Bonchev–Trinajstić information content (AvgIpc) is 3.01. The van der Waals surface area contributed by atoms with E-state index in [0.717, 1.165) is 0 Å². The van der Waals surface area contributed by atoms with Crippen molar-refractivity contribution in [3.63, 3.8) is 0 Å². The van der Waals surface area contributed by atoms with E-state index in [1.807, 2.05) is 0 Å². The summed E-state index contributed by atoms with van der Waals surface area (Å²) in [6, 6.07) is 1.68. The fraction of sp³-hybridized carbons (Fsp3) is 0.625. The summed E-state index contributed by atoms with van der Waals surface area (Å²) in [6.45, 7) is 7.49. The summed E-state index contributed by atoms with van der Waals surface area (Å²) in [7, 11) is -3.62. The van der Waals surface area contributed by atoms with Crippen molar-refractivity contribution in [3.8, 4) is 0 Å². The molecular weight excluding hydrogens is 332 g/mol. The van der Waals surface area contributed by atoms with E-state index in [1.165, 1.54) is 0 Å². The number of carbonyl (C=O) groups is 2. The number of aryl methyl sites for hydroxylation is 2. The van der Waals surface area contributed by atoms with Crippen molar-refractivity contribution in [1.82, 2.24) is 9.62 Å². The standard InChI is InChI=1S/C16H24N2O5S/c1-5-8-24(21,22)17-15(20)16(4)6-7-18(10-16)14(19)13-9-11(2)23-12(13)3/h9H,5-8,10H2,1-4H3,(H,17,20). The lowest BCUT2D eigenvalue weighted by molar-refractivity contribution is -0.127. The number of nitrogens with one attached hydrogen (secondary N) is 1. The Hall–Kier alpha value is -1.83. The van der Waals surface area contributed by atoms with Crippen LogP contribution in [-0.2, 0) is 14.8 Å². The molecule has 134 valence electrons. The Labute approximate surface area is 142 Å². The molecule has 1 N–H and O–H groups in total. The third-order valence-corrected chi connectivity index (χ3v) is 5.74. The summed E-state index contributed by atoms with van der Waals surface area (Å²) in [5.74, 6) is 0.358. The first-order valence-electron chi connectivity index (χ1n) is 7.99. The number of amides is 2. The summed E-state index contributed by atoms with van der Waals surface area (Å²) < 4.78 is 31.1. The minimum atomic E-state index is -3.62. The fourth-order valence-corrected chi connectivity index (χ4v) is 4.09. The smallest absolute Gasteiger partial charge is 0.257 e. The Morgan fingerprint density at radius 1 is 1.38 bits per heavy atom. The van der Waals surface area contributed by atoms with Gasteiger partial charge in [0.25, 0.3) is 5.91 Å². The molecule has 0 spiro atoms. The Bertz CT molecular complexity index is 753. The number of carbonyl (C=O) groups excluding carboxylic acids is 2. The maximum absolute atomic E-state index is 12.6. The lowest BCUT2D eigenvalue weighted by atomic mass is 9.89. The maximum atomic E-state index is 12.6. The molecule has 0 saturated carbocycles. The van der Waals surface area contributed by atoms with Crippen molar-refractivity contribution in [2.75, 3.05) is 18.8 Å². The Balaban J connectivity index is 2.09. The van der Waals surface area contributed by atoms with Crippen molar-refractivity contribution >= 4 is 21.8 Å². The quantitative estimate of drug-likeness (QED) is 0.864. The first kappa shape index (κ1) is 18.5. The van der Waals surface area contributed by atoms with Crippen LogP contribution in [0.25, 0.3) is 0 Å². The number of hydrogen-bond donors (Lipinski definition) is 1. The highest BCUT2D eigenvalue weighted by Crippen LogP contribution is 2.32. The molecule has 1 aliphatic heterocycles. The van der Waals surface area contributed by atoms with Gasteiger partial charge in [0.05, 0.1) is 16.7 Å². The maximum Gasteiger partial charge on any atom is 0.257 e. The second kappa shape index (κ2) is 6.58. The molecule has 1 atom stereocenters. The van der Waals surface area contributed by atoms with Gasteiger partial charge in [-0.15, -0.1) is 0 Å². The first-order valence-corrected chi connectivity index (χ1v) is 9.64. The van der Waals surface area contributed by atoms with Gasteiger partial charge >= 0.3 is 0 Å². The molecule has 0 bridgehead atoms. The highest BCUT2D eigenvalue weighted by molar-refractivity contribution is 7.90. The van der Waals surface area contributed by atoms with E-state index in [-0.39, 0.29) is 18.2 Å². The van der Waals surface area contributed by atoms with Gasteiger partial charge in [0.15, 0.2) is 0 Å². The van der Waals surface area contributed by atoms with Crippen LogP contribution in [0.15, 0.2) is 10.5 Å². The predicted octanol–water partition coefficient (Wildman–Crippen LogP) is 1.60. The molecule has 2 amide bonds. The second-order valence-corrected chi connectivity index (χ2v) is 8.46. The number of nitrogens with zero attached hydrogens (tertiary/aromatic N) is 1. The van der Waals surface area contributed by atoms with E-state index in [2.05, 4.69) is 4.72 Å². The van der Waals surface area contributed by atoms with E-state index < -0.39 is 21.3 Å². The normalized spacial score (nSPS) is 21.1. The van der Waals surface area contributed by atoms with Crippen LogP contribution in [0.4, 0.5) is 0 Å². The van der Waals surface area contributed by atoms with Crippen LogP contribution < -0.4 is 4.72 Å². The Kier molecular flexibility index (Phi) is 5.08. The molecule has 8 heteroatoms. The summed E-state index contributed by atoms with van der Waals surface area (Å²) in [5, 5.41) is 0. The van der Waals surface area contributed by atoms with Crippen molar-refractivity contribution < 1.29 is 22.4 Å². The molecule has 1 unspecified atom stereocenters. The molecule has 24 heavy (non-hydrogen) atoms. The zero-order valence-electron chi connectivity index (χ0n) is 14.5. The van der Waals surface area contributed by atoms with Crippen molar-refractivity contribution in [1.29, 1.82) is 0 Å². The molecule has 1 fully saturated rings. The molecular formula is C16H24N2O5S. The molecule has 0 aliphatic carbocycles. The molecule has 1 aromatic rings. The Morgan fingerprint density at radius 3 is 2.58 bits per heavy atom. The van der Waals surface area contributed by atoms with Crippen LogP contribution in [-0.4, -0.2) is 44.0 Å². The summed E-state index contributed by atoms with van der Waals surface area (Å²) in [6.07, 6.45) is 0.852. The Morgan fingerprint density at radius 2 is 2.04 bits per heavy atom. The molecule has 1 aliphatic rings. The molecule has 1 aromatic heterocycles. The van der Waals surface area contributed by atoms with Gasteiger partial charge in [-0.25, -0.2) is 8.42 Å². The van der Waals surface area contributed by atoms with Gasteiger partial charge in [-0.3, -0.25) is 14.3 Å². The highest BCUT2D eigenvalue weighted by atomic mass is 32.2. The van der Waals surface area contributed by atoms with Crippen LogP contribution >= 0.6 is 0 Å². The number of hydrogen-bond acceptors (Lipinski definition) is 5. The van der Waals surface area contributed by atoms with Gasteiger partial charge in [0, 0.05) is 13.1 Å². The lowest BCUT2D eigenvalue weighted by Gasteiger charge is -2.23. The van der Waals surface area contributed by atoms with E-state index in [0.29, 0.717) is 36.5 Å². The van der Waals surface area contributed by atoms with Crippen molar-refractivity contribution in [2.24, 2.45) is 5.41 Å². The summed E-state index contributed by atoms with van der Waals surface area (Å²) in [5.41, 5.74) is -0.431. The van der Waals surface area contributed by atoms with E-state index in [1.54, 1.807) is 38.7 Å². The predicted molar refractivity (Wildman–Crippen MR) is 89.0 cm³/mol. The molecule has 2 rings (SSSR count). The summed E-state index contributed by atoms with van der Waals surface area (Å²) >= 11 is 0. The van der Waals surface area contributed by atoms with Crippen molar-refractivity contribution in [3.05, 3.63) is 23.2 Å². The zero-order valence-corrected chi connectivity index (χ0v) is 15.3. The number of furan rings is 1. The largest absolute Gasteiger partial charge is 0.466 e. The lowest BCUT2D eigenvalue weighted by Crippen LogP contribution is -2.44. The topological polar surface area (TPSA) is 96.7 Å². The first-order chi connectivity index (χ1) is 11.1. The average molecular weight is 356 g/mol. The van der Waals surface area contributed by atoms with Crippen LogP contribution in [0.5, 0.6) is 0 Å². The van der Waals surface area contributed by atoms with Gasteiger partial charge in [0.1, 0.15) is 11.5 Å². The van der Waals surface area contributed by atoms with E-state index >= 15 is 0 Å². The van der Waals surface area contributed by atoms with Gasteiger partial charge in [-0.05, 0) is 39.7 Å². The molecule has 0 aromatic carbocycles. The second-order valence-electron chi connectivity index (χ2n) is 6.61. The monoisotopic (exact) mass is 356 g/mol. The van der Waals surface area contributed by atoms with Gasteiger partial charge in [0.2, 0.25) is 15.9 Å². The molecule has 0 radical (unpaired) electrons. The minimum absolute atomic E-state index is 0.0923. The van der Waals surface area contributed by atoms with E-state index in [4.69, 9.17) is 4.42 Å². The minimum Gasteiger partial charge on any atom is -0.466 e. The zero-order chi connectivity index (χ0) is 18.1. The van der Waals surface area contributed by atoms with Crippen LogP contribution in [0.1, 0.15) is 48.6 Å². The van der Waals surface area contributed by atoms with Gasteiger partial charge < -0.3 is 9.32 Å². The molecule has 7 nitrogen and oxygen atoms in total. The number of rotatable bonds is 5. The summed E-state index contributed by atoms with van der Waals surface area (Å²) in [4.78, 5) is 26.6. The highest BCUT2D eigenvalue weighted by Gasteiger charge is 2.43. The van der Waals surface area contributed by atoms with Gasteiger partial charge in [-0.1, -0.05) is 6.92 Å².